The Balaban J connectivity index is 1.70. The number of nitrogens with one attached hydrogen (secondary N) is 1. The van der Waals surface area contributed by atoms with Crippen molar-refractivity contribution >= 4 is 23.2 Å². The van der Waals surface area contributed by atoms with Gasteiger partial charge in [-0.15, -0.1) is 0 Å². The SMILES string of the molecule is CCN(C)C(=O)c1ccc(CN2CCc3cc(NC(C)=O)ccc32)cc1. The number of carbonyl (C=O) groups excluding carboxylic acids is 2. The van der Waals surface area contributed by atoms with E-state index in [-0.39, 0.29) is 11.8 Å². The van der Waals surface area contributed by atoms with Crippen molar-refractivity contribution in [2.45, 2.75) is 26.8 Å². The summed E-state index contributed by atoms with van der Waals surface area (Å²) in [5.74, 6) is -0.000716. The zero-order valence-electron chi connectivity index (χ0n) is 15.6. The van der Waals surface area contributed by atoms with Crippen molar-refractivity contribution in [3.05, 3.63) is 59.2 Å². The smallest absolute Gasteiger partial charge is 0.253 e. The van der Waals surface area contributed by atoms with Crippen LogP contribution >= 0.6 is 0 Å². The van der Waals surface area contributed by atoms with Gasteiger partial charge in [-0.1, -0.05) is 12.1 Å². The van der Waals surface area contributed by atoms with Crippen LogP contribution in [0.5, 0.6) is 0 Å². The van der Waals surface area contributed by atoms with Gasteiger partial charge in [-0.25, -0.2) is 0 Å². The first-order valence-electron chi connectivity index (χ1n) is 8.97. The molecule has 0 aliphatic carbocycles. The highest BCUT2D eigenvalue weighted by molar-refractivity contribution is 5.94. The number of benzene rings is 2. The molecule has 0 atom stereocenters. The lowest BCUT2D eigenvalue weighted by molar-refractivity contribution is -0.114. The van der Waals surface area contributed by atoms with Crippen LogP contribution in [-0.4, -0.2) is 36.9 Å². The summed E-state index contributed by atoms with van der Waals surface area (Å²) in [7, 11) is 1.81. The number of anilines is 2. The van der Waals surface area contributed by atoms with E-state index in [1.165, 1.54) is 23.7 Å². The van der Waals surface area contributed by atoms with Crippen LogP contribution in [0, 0.1) is 0 Å². The van der Waals surface area contributed by atoms with Gasteiger partial charge in [0.1, 0.15) is 0 Å². The lowest BCUT2D eigenvalue weighted by Gasteiger charge is -2.20. The third-order valence-electron chi connectivity index (χ3n) is 4.79. The lowest BCUT2D eigenvalue weighted by Crippen LogP contribution is -2.26. The van der Waals surface area contributed by atoms with Crippen molar-refractivity contribution < 1.29 is 9.59 Å². The van der Waals surface area contributed by atoms with Gasteiger partial charge in [0.2, 0.25) is 5.91 Å². The largest absolute Gasteiger partial charge is 0.367 e. The second-order valence-corrected chi connectivity index (χ2v) is 6.71. The molecule has 0 unspecified atom stereocenters. The van der Waals surface area contributed by atoms with Gasteiger partial charge in [0.15, 0.2) is 0 Å². The Morgan fingerprint density at radius 2 is 1.88 bits per heavy atom. The summed E-state index contributed by atoms with van der Waals surface area (Å²) in [6, 6.07) is 13.9. The fourth-order valence-corrected chi connectivity index (χ4v) is 3.25. The summed E-state index contributed by atoms with van der Waals surface area (Å²) >= 11 is 0. The number of carbonyl (C=O) groups is 2. The van der Waals surface area contributed by atoms with E-state index in [0.717, 1.165) is 30.8 Å². The summed E-state index contributed by atoms with van der Waals surface area (Å²) in [6.07, 6.45) is 0.973. The van der Waals surface area contributed by atoms with Crippen LogP contribution < -0.4 is 10.2 Å². The molecular weight excluding hydrogens is 326 g/mol. The normalized spacial score (nSPS) is 12.7. The summed E-state index contributed by atoms with van der Waals surface area (Å²) < 4.78 is 0. The van der Waals surface area contributed by atoms with Crippen molar-refractivity contribution in [1.29, 1.82) is 0 Å². The Morgan fingerprint density at radius 3 is 2.54 bits per heavy atom. The third kappa shape index (κ3) is 3.87. The van der Waals surface area contributed by atoms with Gasteiger partial charge in [-0.3, -0.25) is 9.59 Å². The molecule has 26 heavy (non-hydrogen) atoms. The van der Waals surface area contributed by atoms with Crippen LogP contribution in [0.2, 0.25) is 0 Å². The van der Waals surface area contributed by atoms with E-state index >= 15 is 0 Å². The molecule has 3 rings (SSSR count). The third-order valence-corrected chi connectivity index (χ3v) is 4.79. The van der Waals surface area contributed by atoms with E-state index in [1.807, 2.05) is 44.3 Å². The minimum absolute atomic E-state index is 0.0519. The van der Waals surface area contributed by atoms with E-state index in [1.54, 1.807) is 4.90 Å². The number of hydrogen-bond acceptors (Lipinski definition) is 3. The predicted octanol–water partition coefficient (Wildman–Crippen LogP) is 3.30. The molecule has 5 nitrogen and oxygen atoms in total. The second-order valence-electron chi connectivity index (χ2n) is 6.71. The average molecular weight is 351 g/mol. The Hall–Kier alpha value is -2.82. The fourth-order valence-electron chi connectivity index (χ4n) is 3.25. The van der Waals surface area contributed by atoms with Crippen LogP contribution in [0.4, 0.5) is 11.4 Å². The van der Waals surface area contributed by atoms with Crippen LogP contribution in [0.15, 0.2) is 42.5 Å². The average Bonchev–Trinajstić information content (AvgIpc) is 3.02. The summed E-state index contributed by atoms with van der Waals surface area (Å²) in [4.78, 5) is 27.4. The lowest BCUT2D eigenvalue weighted by atomic mass is 10.1. The topological polar surface area (TPSA) is 52.7 Å². The molecule has 1 aliphatic heterocycles. The van der Waals surface area contributed by atoms with Crippen molar-refractivity contribution in [3.63, 3.8) is 0 Å². The molecule has 1 aliphatic rings. The van der Waals surface area contributed by atoms with E-state index in [0.29, 0.717) is 6.54 Å². The Morgan fingerprint density at radius 1 is 1.15 bits per heavy atom. The minimum Gasteiger partial charge on any atom is -0.367 e. The van der Waals surface area contributed by atoms with E-state index in [4.69, 9.17) is 0 Å². The summed E-state index contributed by atoms with van der Waals surface area (Å²) in [6.45, 7) is 5.95. The standard InChI is InChI=1S/C21H25N3O2/c1-4-23(3)21(26)17-7-5-16(6-8-17)14-24-12-11-18-13-19(22-15(2)25)9-10-20(18)24/h5-10,13H,4,11-12,14H2,1-3H3,(H,22,25). The molecule has 2 aromatic carbocycles. The molecule has 0 bridgehead atoms. The molecule has 2 amide bonds. The molecule has 5 heteroatoms. The molecule has 1 heterocycles. The zero-order chi connectivity index (χ0) is 18.7. The van der Waals surface area contributed by atoms with Gasteiger partial charge in [0, 0.05) is 50.5 Å². The van der Waals surface area contributed by atoms with E-state index in [9.17, 15) is 9.59 Å². The highest BCUT2D eigenvalue weighted by Gasteiger charge is 2.20. The Kier molecular flexibility index (Phi) is 5.26. The predicted molar refractivity (Wildman–Crippen MR) is 105 cm³/mol. The quantitative estimate of drug-likeness (QED) is 0.899. The van der Waals surface area contributed by atoms with Crippen LogP contribution in [-0.2, 0) is 17.8 Å². The van der Waals surface area contributed by atoms with Crippen molar-refractivity contribution in [1.82, 2.24) is 4.90 Å². The van der Waals surface area contributed by atoms with Gasteiger partial charge >= 0.3 is 0 Å². The summed E-state index contributed by atoms with van der Waals surface area (Å²) in [5.41, 5.74) is 5.22. The number of hydrogen-bond donors (Lipinski definition) is 1. The molecule has 0 saturated heterocycles. The molecule has 0 fully saturated rings. The maximum atomic E-state index is 12.2. The van der Waals surface area contributed by atoms with Crippen molar-refractivity contribution in [3.8, 4) is 0 Å². The van der Waals surface area contributed by atoms with Gasteiger partial charge in [-0.05, 0) is 54.8 Å². The molecule has 0 aromatic heterocycles. The molecule has 0 radical (unpaired) electrons. The molecule has 2 aromatic rings. The van der Waals surface area contributed by atoms with Gasteiger partial charge < -0.3 is 15.1 Å². The molecular formula is C21H25N3O2. The second kappa shape index (κ2) is 7.60. The molecule has 136 valence electrons. The zero-order valence-corrected chi connectivity index (χ0v) is 15.6. The highest BCUT2D eigenvalue weighted by Crippen LogP contribution is 2.31. The van der Waals surface area contributed by atoms with Gasteiger partial charge in [0.05, 0.1) is 0 Å². The molecule has 1 N–H and O–H groups in total. The van der Waals surface area contributed by atoms with E-state index < -0.39 is 0 Å². The number of fused-ring (bicyclic) bond motifs is 1. The maximum Gasteiger partial charge on any atom is 0.253 e. The van der Waals surface area contributed by atoms with Crippen molar-refractivity contribution in [2.75, 3.05) is 30.4 Å². The van der Waals surface area contributed by atoms with Crippen LogP contribution in [0.3, 0.4) is 0 Å². The van der Waals surface area contributed by atoms with Crippen molar-refractivity contribution in [2.24, 2.45) is 0 Å². The highest BCUT2D eigenvalue weighted by atomic mass is 16.2. The fraction of sp³-hybridized carbons (Fsp3) is 0.333. The van der Waals surface area contributed by atoms with Gasteiger partial charge in [0.25, 0.3) is 5.91 Å². The monoisotopic (exact) mass is 351 g/mol. The van der Waals surface area contributed by atoms with Crippen LogP contribution in [0.1, 0.15) is 35.3 Å². The first-order valence-corrected chi connectivity index (χ1v) is 8.97. The molecule has 0 spiro atoms. The van der Waals surface area contributed by atoms with E-state index in [2.05, 4.69) is 22.3 Å². The Labute approximate surface area is 154 Å². The first-order chi connectivity index (χ1) is 12.5. The number of nitrogens with zero attached hydrogens (tertiary/aromatic N) is 2. The Bertz CT molecular complexity index is 815. The first kappa shape index (κ1) is 18.0. The summed E-state index contributed by atoms with van der Waals surface area (Å²) in [5, 5.41) is 2.84. The number of rotatable bonds is 5. The minimum atomic E-state index is -0.0526. The van der Waals surface area contributed by atoms with Crippen LogP contribution in [0.25, 0.3) is 0 Å². The number of amides is 2. The molecule has 0 saturated carbocycles. The maximum absolute atomic E-state index is 12.2. The van der Waals surface area contributed by atoms with Gasteiger partial charge in [-0.2, -0.15) is 0 Å².